The largest absolute Gasteiger partial charge is 0.481 e. The Hall–Kier alpha value is -2.57. The molecule has 7 heteroatoms. The first-order valence-corrected chi connectivity index (χ1v) is 8.77. The predicted molar refractivity (Wildman–Crippen MR) is 97.5 cm³/mol. The molecular formula is C19H28N2O5. The molecule has 26 heavy (non-hydrogen) atoms. The SMILES string of the molecule is CC(C)CC(NC(=O)OCc1ccccc1)C(=O)NC(C)CCC(=O)O. The third-order valence-electron chi connectivity index (χ3n) is 3.71. The first-order chi connectivity index (χ1) is 12.3. The fraction of sp³-hybridized carbons (Fsp3) is 0.526. The van der Waals surface area contributed by atoms with Gasteiger partial charge in [-0.2, -0.15) is 0 Å². The third kappa shape index (κ3) is 9.05. The lowest BCUT2D eigenvalue weighted by Gasteiger charge is -2.22. The minimum atomic E-state index is -0.910. The lowest BCUT2D eigenvalue weighted by molar-refractivity contribution is -0.137. The molecule has 0 bridgehead atoms. The lowest BCUT2D eigenvalue weighted by atomic mass is 10.0. The molecule has 1 rings (SSSR count). The number of rotatable bonds is 10. The fourth-order valence-electron chi connectivity index (χ4n) is 2.37. The summed E-state index contributed by atoms with van der Waals surface area (Å²) in [5, 5.41) is 14.1. The molecule has 0 saturated carbocycles. The van der Waals surface area contributed by atoms with Crippen LogP contribution >= 0.6 is 0 Å². The van der Waals surface area contributed by atoms with Crippen molar-refractivity contribution in [3.8, 4) is 0 Å². The van der Waals surface area contributed by atoms with Gasteiger partial charge in [0.25, 0.3) is 0 Å². The number of carboxylic acid groups (broad SMARTS) is 1. The van der Waals surface area contributed by atoms with Crippen LogP contribution in [0, 0.1) is 5.92 Å². The van der Waals surface area contributed by atoms with Gasteiger partial charge in [0.05, 0.1) is 0 Å². The van der Waals surface area contributed by atoms with Crippen molar-refractivity contribution >= 4 is 18.0 Å². The molecule has 3 N–H and O–H groups in total. The van der Waals surface area contributed by atoms with Gasteiger partial charge in [-0.25, -0.2) is 4.79 Å². The van der Waals surface area contributed by atoms with Crippen molar-refractivity contribution in [2.75, 3.05) is 0 Å². The van der Waals surface area contributed by atoms with Crippen molar-refractivity contribution in [1.82, 2.24) is 10.6 Å². The van der Waals surface area contributed by atoms with Crippen molar-refractivity contribution in [2.45, 2.75) is 58.7 Å². The number of carboxylic acids is 1. The van der Waals surface area contributed by atoms with Gasteiger partial charge in [-0.3, -0.25) is 9.59 Å². The topological polar surface area (TPSA) is 105 Å². The van der Waals surface area contributed by atoms with Crippen LogP contribution in [0.25, 0.3) is 0 Å². The van der Waals surface area contributed by atoms with Gasteiger partial charge in [0.1, 0.15) is 12.6 Å². The van der Waals surface area contributed by atoms with E-state index in [1.807, 2.05) is 44.2 Å². The zero-order chi connectivity index (χ0) is 19.5. The Morgan fingerprint density at radius 2 is 1.73 bits per heavy atom. The minimum Gasteiger partial charge on any atom is -0.481 e. The maximum absolute atomic E-state index is 12.4. The number of carbonyl (C=O) groups excluding carboxylic acids is 2. The summed E-state index contributed by atoms with van der Waals surface area (Å²) in [6, 6.07) is 8.23. The Morgan fingerprint density at radius 1 is 1.08 bits per heavy atom. The van der Waals surface area contributed by atoms with Crippen molar-refractivity contribution in [3.05, 3.63) is 35.9 Å². The molecule has 0 aliphatic heterocycles. The average Bonchev–Trinajstić information content (AvgIpc) is 2.58. The fourth-order valence-corrected chi connectivity index (χ4v) is 2.37. The number of amides is 2. The highest BCUT2D eigenvalue weighted by atomic mass is 16.5. The molecule has 0 heterocycles. The van der Waals surface area contributed by atoms with Crippen LogP contribution in [0.4, 0.5) is 4.79 Å². The predicted octanol–water partition coefficient (Wildman–Crippen LogP) is 2.70. The smallest absolute Gasteiger partial charge is 0.408 e. The van der Waals surface area contributed by atoms with Crippen LogP contribution in [0.3, 0.4) is 0 Å². The van der Waals surface area contributed by atoms with Gasteiger partial charge in [0.15, 0.2) is 0 Å². The number of aliphatic carboxylic acids is 1. The zero-order valence-electron chi connectivity index (χ0n) is 15.5. The van der Waals surface area contributed by atoms with Gasteiger partial charge in [-0.1, -0.05) is 44.2 Å². The molecule has 2 amide bonds. The second-order valence-electron chi connectivity index (χ2n) is 6.73. The minimum absolute atomic E-state index is 0.0250. The summed E-state index contributed by atoms with van der Waals surface area (Å²) in [7, 11) is 0. The molecule has 0 aromatic heterocycles. The van der Waals surface area contributed by atoms with E-state index in [4.69, 9.17) is 9.84 Å². The molecule has 1 aromatic carbocycles. The van der Waals surface area contributed by atoms with Gasteiger partial charge < -0.3 is 20.5 Å². The van der Waals surface area contributed by atoms with Crippen molar-refractivity contribution in [2.24, 2.45) is 5.92 Å². The summed E-state index contributed by atoms with van der Waals surface area (Å²) >= 11 is 0. The monoisotopic (exact) mass is 364 g/mol. The molecule has 2 unspecified atom stereocenters. The summed E-state index contributed by atoms with van der Waals surface area (Å²) in [6.45, 7) is 5.76. The van der Waals surface area contributed by atoms with Gasteiger partial charge in [-0.05, 0) is 31.2 Å². The van der Waals surface area contributed by atoms with E-state index >= 15 is 0 Å². The number of benzene rings is 1. The lowest BCUT2D eigenvalue weighted by Crippen LogP contribution is -2.49. The number of alkyl carbamates (subject to hydrolysis) is 1. The first-order valence-electron chi connectivity index (χ1n) is 8.77. The Morgan fingerprint density at radius 3 is 2.31 bits per heavy atom. The quantitative estimate of drug-likeness (QED) is 0.592. The Balaban J connectivity index is 2.54. The van der Waals surface area contributed by atoms with Crippen LogP contribution in [-0.2, 0) is 20.9 Å². The molecule has 0 aliphatic carbocycles. The number of carbonyl (C=O) groups is 3. The van der Waals surface area contributed by atoms with Gasteiger partial charge in [-0.15, -0.1) is 0 Å². The molecule has 0 spiro atoms. The van der Waals surface area contributed by atoms with Gasteiger partial charge >= 0.3 is 12.1 Å². The summed E-state index contributed by atoms with van der Waals surface area (Å²) in [5.41, 5.74) is 0.856. The van der Waals surface area contributed by atoms with Crippen LogP contribution in [0.5, 0.6) is 0 Å². The van der Waals surface area contributed by atoms with Crippen molar-refractivity contribution in [3.63, 3.8) is 0 Å². The molecule has 144 valence electrons. The number of ether oxygens (including phenoxy) is 1. The highest BCUT2D eigenvalue weighted by Gasteiger charge is 2.24. The van der Waals surface area contributed by atoms with Crippen LogP contribution in [0.1, 0.15) is 45.6 Å². The Labute approximate surface area is 154 Å². The van der Waals surface area contributed by atoms with Crippen molar-refractivity contribution in [1.29, 1.82) is 0 Å². The van der Waals surface area contributed by atoms with Gasteiger partial charge in [0, 0.05) is 12.5 Å². The van der Waals surface area contributed by atoms with Crippen LogP contribution in [-0.4, -0.2) is 35.2 Å². The molecule has 0 saturated heterocycles. The molecule has 0 fully saturated rings. The third-order valence-corrected chi connectivity index (χ3v) is 3.71. The molecular weight excluding hydrogens is 336 g/mol. The average molecular weight is 364 g/mol. The zero-order valence-corrected chi connectivity index (χ0v) is 15.5. The van der Waals surface area contributed by atoms with E-state index in [0.717, 1.165) is 5.56 Å². The van der Waals surface area contributed by atoms with Crippen LogP contribution < -0.4 is 10.6 Å². The van der Waals surface area contributed by atoms with E-state index in [1.165, 1.54) is 0 Å². The van der Waals surface area contributed by atoms with E-state index in [2.05, 4.69) is 10.6 Å². The van der Waals surface area contributed by atoms with Crippen LogP contribution in [0.2, 0.25) is 0 Å². The molecule has 0 aliphatic rings. The van der Waals surface area contributed by atoms with E-state index in [0.29, 0.717) is 12.8 Å². The second-order valence-corrected chi connectivity index (χ2v) is 6.73. The highest BCUT2D eigenvalue weighted by molar-refractivity contribution is 5.85. The standard InChI is InChI=1S/C19H28N2O5/c1-13(2)11-16(18(24)20-14(3)9-10-17(22)23)21-19(25)26-12-15-7-5-4-6-8-15/h4-8,13-14,16H,9-12H2,1-3H3,(H,20,24)(H,21,25)(H,22,23). The van der Waals surface area contributed by atoms with E-state index < -0.39 is 18.1 Å². The normalized spacial score (nSPS) is 12.9. The number of hydrogen-bond donors (Lipinski definition) is 3. The highest BCUT2D eigenvalue weighted by Crippen LogP contribution is 2.07. The van der Waals surface area contributed by atoms with Gasteiger partial charge in [0.2, 0.25) is 5.91 Å². The summed E-state index contributed by atoms with van der Waals surface area (Å²) in [4.78, 5) is 35.1. The molecule has 1 aromatic rings. The van der Waals surface area contributed by atoms with E-state index in [-0.39, 0.29) is 30.9 Å². The Bertz CT molecular complexity index is 589. The van der Waals surface area contributed by atoms with Crippen molar-refractivity contribution < 1.29 is 24.2 Å². The first kappa shape index (κ1) is 21.5. The summed E-state index contributed by atoms with van der Waals surface area (Å²) in [5.74, 6) is -1.06. The summed E-state index contributed by atoms with van der Waals surface area (Å²) in [6.07, 6.45) is 0.0992. The molecule has 7 nitrogen and oxygen atoms in total. The number of hydrogen-bond acceptors (Lipinski definition) is 4. The van der Waals surface area contributed by atoms with E-state index in [1.54, 1.807) is 6.92 Å². The Kier molecular flexibility index (Phi) is 9.19. The maximum atomic E-state index is 12.4. The molecule has 0 radical (unpaired) electrons. The van der Waals surface area contributed by atoms with Crippen LogP contribution in [0.15, 0.2) is 30.3 Å². The second kappa shape index (κ2) is 11.1. The molecule has 2 atom stereocenters. The number of nitrogens with one attached hydrogen (secondary N) is 2. The van der Waals surface area contributed by atoms with E-state index in [9.17, 15) is 14.4 Å². The maximum Gasteiger partial charge on any atom is 0.408 e. The summed E-state index contributed by atoms with van der Waals surface area (Å²) < 4.78 is 5.17.